The number of fused-ring (bicyclic) bond motifs is 3. The molecule has 208 valence electrons. The van der Waals surface area contributed by atoms with E-state index in [-0.39, 0.29) is 6.04 Å². The van der Waals surface area contributed by atoms with E-state index in [2.05, 4.69) is 82.8 Å². The van der Waals surface area contributed by atoms with Crippen LogP contribution >= 0.6 is 27.5 Å². The number of hydrogen-bond acceptors (Lipinski definition) is 4. The van der Waals surface area contributed by atoms with Gasteiger partial charge in [0.2, 0.25) is 0 Å². The molecular formula is C35H32BrClN2O2. The summed E-state index contributed by atoms with van der Waals surface area (Å²) >= 11 is 9.80. The second kappa shape index (κ2) is 12.1. The predicted octanol–water partition coefficient (Wildman–Crippen LogP) is 9.97. The molecule has 1 heterocycles. The van der Waals surface area contributed by atoms with Crippen LogP contribution in [0.25, 0.3) is 0 Å². The quantitative estimate of drug-likeness (QED) is 0.156. The summed E-state index contributed by atoms with van der Waals surface area (Å²) in [6.07, 6.45) is 7.67. The Balaban J connectivity index is 1.18. The maximum Gasteiger partial charge on any atom is 0.175 e. The van der Waals surface area contributed by atoms with Gasteiger partial charge in [-0.2, -0.15) is 0 Å². The molecule has 6 heteroatoms. The normalized spacial score (nSPS) is 19.1. The van der Waals surface area contributed by atoms with Crippen molar-refractivity contribution in [1.82, 2.24) is 0 Å². The third kappa shape index (κ3) is 6.07. The molecule has 0 radical (unpaired) electrons. The monoisotopic (exact) mass is 626 g/mol. The van der Waals surface area contributed by atoms with E-state index < -0.39 is 0 Å². The fourth-order valence-electron chi connectivity index (χ4n) is 5.81. The number of hydrogen-bond donors (Lipinski definition) is 1. The number of ether oxygens (including phenoxy) is 2. The molecule has 4 aromatic rings. The Labute approximate surface area is 255 Å². The van der Waals surface area contributed by atoms with E-state index >= 15 is 0 Å². The Morgan fingerprint density at radius 3 is 2.68 bits per heavy atom. The molecule has 0 aromatic heterocycles. The molecule has 1 N–H and O–H groups in total. The van der Waals surface area contributed by atoms with Crippen LogP contribution in [0.15, 0.2) is 100 Å². The van der Waals surface area contributed by atoms with Gasteiger partial charge in [-0.15, -0.1) is 0 Å². The first-order chi connectivity index (χ1) is 20.0. The lowest BCUT2D eigenvalue weighted by Crippen LogP contribution is -2.29. The van der Waals surface area contributed by atoms with Crippen LogP contribution in [0.3, 0.4) is 0 Å². The van der Waals surface area contributed by atoms with Gasteiger partial charge in [-0.25, -0.2) is 0 Å². The lowest BCUT2D eigenvalue weighted by atomic mass is 9.76. The highest BCUT2D eigenvalue weighted by Gasteiger charge is 2.37. The van der Waals surface area contributed by atoms with Gasteiger partial charge in [-0.3, -0.25) is 4.99 Å². The van der Waals surface area contributed by atoms with Crippen LogP contribution in [-0.4, -0.2) is 12.8 Å². The highest BCUT2D eigenvalue weighted by Crippen LogP contribution is 2.50. The molecule has 4 nitrogen and oxygen atoms in total. The Hall–Kier alpha value is -3.54. The number of allylic oxidation sites excluding steroid dienone is 2. The van der Waals surface area contributed by atoms with E-state index in [1.807, 2.05) is 49.5 Å². The molecule has 0 amide bonds. The number of aryl methyl sites for hydroxylation is 1. The summed E-state index contributed by atoms with van der Waals surface area (Å²) in [6, 6.07) is 27.2. The largest absolute Gasteiger partial charge is 0.490 e. The minimum absolute atomic E-state index is 0.271. The number of halogens is 2. The number of nitrogens with zero attached hydrogens (tertiary/aromatic N) is 1. The predicted molar refractivity (Wildman–Crippen MR) is 172 cm³/mol. The third-order valence-corrected chi connectivity index (χ3v) is 8.56. The molecular weight excluding hydrogens is 596 g/mol. The molecule has 41 heavy (non-hydrogen) atoms. The Morgan fingerprint density at radius 1 is 1.02 bits per heavy atom. The van der Waals surface area contributed by atoms with Crippen LogP contribution in [0.1, 0.15) is 53.1 Å². The number of benzene rings is 4. The fourth-order valence-corrected chi connectivity index (χ4v) is 6.60. The molecule has 0 bridgehead atoms. The topological polar surface area (TPSA) is 42.8 Å². The molecule has 3 atom stereocenters. The maximum absolute atomic E-state index is 6.13. The van der Waals surface area contributed by atoms with Crippen molar-refractivity contribution in [2.75, 3.05) is 11.9 Å². The van der Waals surface area contributed by atoms with Gasteiger partial charge < -0.3 is 14.8 Å². The molecule has 0 saturated carbocycles. The molecule has 2 aliphatic rings. The summed E-state index contributed by atoms with van der Waals surface area (Å²) in [6.45, 7) is 5.04. The first kappa shape index (κ1) is 27.6. The molecule has 1 aliphatic carbocycles. The number of anilines is 1. The fraction of sp³-hybridized carbons (Fsp3) is 0.229. The van der Waals surface area contributed by atoms with Crippen LogP contribution in [0, 0.1) is 12.8 Å². The smallest absolute Gasteiger partial charge is 0.175 e. The standard InChI is InChI=1S/C35H32BrClN2O2/c1-3-40-33-19-24(18-31(36)35(33)41-21-23-6-4-7-26(37)17-23)20-38-27-13-11-25(12-14-27)34-29-9-5-8-28(29)30-16-22(2)10-15-32(30)39-34/h4-8,10-20,28-29,34,39H,3,9,21H2,1-2H3/t28-,29+,34+/m1/s1. The van der Waals surface area contributed by atoms with Crippen LogP contribution in [0.5, 0.6) is 11.5 Å². The van der Waals surface area contributed by atoms with E-state index in [4.69, 9.17) is 26.1 Å². The second-order valence-corrected chi connectivity index (χ2v) is 11.9. The Kier molecular flexibility index (Phi) is 8.18. The zero-order valence-electron chi connectivity index (χ0n) is 23.1. The van der Waals surface area contributed by atoms with Crippen molar-refractivity contribution in [3.63, 3.8) is 0 Å². The molecule has 4 aromatic carbocycles. The number of nitrogens with one attached hydrogen (secondary N) is 1. The molecule has 1 aliphatic heterocycles. The van der Waals surface area contributed by atoms with Gasteiger partial charge in [-0.05, 0) is 107 Å². The summed E-state index contributed by atoms with van der Waals surface area (Å²) in [4.78, 5) is 4.76. The summed E-state index contributed by atoms with van der Waals surface area (Å²) in [5.74, 6) is 2.31. The Bertz CT molecular complexity index is 1620. The number of aliphatic imine (C=N–C) groups is 1. The minimum Gasteiger partial charge on any atom is -0.490 e. The van der Waals surface area contributed by atoms with E-state index in [0.29, 0.717) is 41.6 Å². The van der Waals surface area contributed by atoms with Gasteiger partial charge in [-0.1, -0.05) is 65.7 Å². The van der Waals surface area contributed by atoms with Gasteiger partial charge in [0.1, 0.15) is 6.61 Å². The second-order valence-electron chi connectivity index (χ2n) is 10.6. The van der Waals surface area contributed by atoms with Crippen LogP contribution < -0.4 is 14.8 Å². The van der Waals surface area contributed by atoms with E-state index in [0.717, 1.165) is 27.7 Å². The van der Waals surface area contributed by atoms with E-state index in [9.17, 15) is 0 Å². The van der Waals surface area contributed by atoms with Crippen molar-refractivity contribution >= 4 is 45.1 Å². The highest BCUT2D eigenvalue weighted by atomic mass is 79.9. The van der Waals surface area contributed by atoms with E-state index in [1.54, 1.807) is 0 Å². The van der Waals surface area contributed by atoms with Gasteiger partial charge in [0.25, 0.3) is 0 Å². The lowest BCUT2D eigenvalue weighted by molar-refractivity contribution is 0.267. The molecule has 6 rings (SSSR count). The zero-order valence-corrected chi connectivity index (χ0v) is 25.5. The first-order valence-electron chi connectivity index (χ1n) is 14.0. The van der Waals surface area contributed by atoms with Crippen molar-refractivity contribution in [1.29, 1.82) is 0 Å². The van der Waals surface area contributed by atoms with Crippen LogP contribution in [0.2, 0.25) is 5.02 Å². The third-order valence-electron chi connectivity index (χ3n) is 7.74. The molecule has 0 saturated heterocycles. The average Bonchev–Trinajstić information content (AvgIpc) is 3.46. The van der Waals surface area contributed by atoms with Crippen molar-refractivity contribution in [3.8, 4) is 11.5 Å². The summed E-state index contributed by atoms with van der Waals surface area (Å²) in [7, 11) is 0. The summed E-state index contributed by atoms with van der Waals surface area (Å²) in [5, 5.41) is 4.51. The molecule has 0 fully saturated rings. The number of rotatable bonds is 8. The summed E-state index contributed by atoms with van der Waals surface area (Å²) < 4.78 is 12.8. The lowest BCUT2D eigenvalue weighted by Gasteiger charge is -2.37. The maximum atomic E-state index is 6.13. The van der Waals surface area contributed by atoms with Gasteiger partial charge >= 0.3 is 0 Å². The van der Waals surface area contributed by atoms with Gasteiger partial charge in [0.15, 0.2) is 11.5 Å². The zero-order chi connectivity index (χ0) is 28.3. The van der Waals surface area contributed by atoms with Crippen molar-refractivity contribution in [2.45, 2.75) is 38.8 Å². The van der Waals surface area contributed by atoms with E-state index in [1.165, 1.54) is 22.4 Å². The van der Waals surface area contributed by atoms with Gasteiger partial charge in [0, 0.05) is 22.8 Å². The van der Waals surface area contributed by atoms with Crippen molar-refractivity contribution < 1.29 is 9.47 Å². The van der Waals surface area contributed by atoms with Crippen LogP contribution in [0.4, 0.5) is 11.4 Å². The SMILES string of the molecule is CCOc1cc(C=Nc2ccc([C@@H]3Nc4ccc(C)cc4[C@@H]4C=CC[C@@H]43)cc2)cc(Br)c1OCc1cccc(Cl)c1. The highest BCUT2D eigenvalue weighted by molar-refractivity contribution is 9.10. The van der Waals surface area contributed by atoms with Crippen molar-refractivity contribution in [3.05, 3.63) is 128 Å². The Morgan fingerprint density at radius 2 is 1.88 bits per heavy atom. The van der Waals surface area contributed by atoms with Gasteiger partial charge in [0.05, 0.1) is 22.8 Å². The van der Waals surface area contributed by atoms with Crippen molar-refractivity contribution in [2.24, 2.45) is 10.9 Å². The molecule has 0 unspecified atom stereocenters. The van der Waals surface area contributed by atoms with Crippen LogP contribution in [-0.2, 0) is 6.61 Å². The molecule has 0 spiro atoms. The average molecular weight is 628 g/mol. The first-order valence-corrected chi connectivity index (χ1v) is 15.2. The summed E-state index contributed by atoms with van der Waals surface area (Å²) in [5.41, 5.74) is 8.06. The minimum atomic E-state index is 0.271.